The largest absolute Gasteiger partial charge is 0.349 e. The number of primary amides is 1. The van der Waals surface area contributed by atoms with Gasteiger partial charge in [0.25, 0.3) is 0 Å². The van der Waals surface area contributed by atoms with Gasteiger partial charge in [-0.3, -0.25) is 4.84 Å². The lowest BCUT2D eigenvalue weighted by Gasteiger charge is -2.20. The Morgan fingerprint density at radius 3 is 2.44 bits per heavy atom. The lowest BCUT2D eigenvalue weighted by molar-refractivity contribution is 0.107. The first-order valence-corrected chi connectivity index (χ1v) is 5.03. The molecule has 0 saturated heterocycles. The van der Waals surface area contributed by atoms with Gasteiger partial charge in [0.2, 0.25) is 0 Å². The molecule has 0 bridgehead atoms. The van der Waals surface area contributed by atoms with Crippen molar-refractivity contribution in [1.29, 1.82) is 0 Å². The molecule has 2 N–H and O–H groups in total. The Kier molecular flexibility index (Phi) is 4.75. The molecule has 5 nitrogen and oxygen atoms in total. The van der Waals surface area contributed by atoms with Crippen LogP contribution in [0.4, 0.5) is 10.5 Å². The van der Waals surface area contributed by atoms with Gasteiger partial charge in [-0.2, -0.15) is 5.06 Å². The summed E-state index contributed by atoms with van der Waals surface area (Å²) in [6, 6.07) is 8.41. The van der Waals surface area contributed by atoms with Crippen molar-refractivity contribution in [3.05, 3.63) is 30.3 Å². The number of hydroxylamine groups is 1. The molecule has 0 heterocycles. The van der Waals surface area contributed by atoms with Gasteiger partial charge in [0.1, 0.15) is 0 Å². The number of para-hydroxylation sites is 1. The molecule has 2 amide bonds. The molecule has 0 aliphatic carbocycles. The molecule has 0 aliphatic rings. The summed E-state index contributed by atoms with van der Waals surface area (Å²) in [4.78, 5) is 18.5. The number of carbonyl (C=O) groups is 1. The maximum Gasteiger partial charge on any atom is 0.343 e. The number of rotatable bonds is 5. The third-order valence-electron chi connectivity index (χ3n) is 1.95. The van der Waals surface area contributed by atoms with Gasteiger partial charge < -0.3 is 10.6 Å². The Morgan fingerprint density at radius 2 is 1.94 bits per heavy atom. The van der Waals surface area contributed by atoms with Crippen molar-refractivity contribution in [2.45, 2.75) is 0 Å². The van der Waals surface area contributed by atoms with Gasteiger partial charge in [-0.1, -0.05) is 18.2 Å². The van der Waals surface area contributed by atoms with E-state index < -0.39 is 6.03 Å². The third kappa shape index (κ3) is 3.88. The highest BCUT2D eigenvalue weighted by molar-refractivity contribution is 5.88. The fourth-order valence-corrected chi connectivity index (χ4v) is 1.14. The third-order valence-corrected chi connectivity index (χ3v) is 1.95. The van der Waals surface area contributed by atoms with Crippen LogP contribution in [0.25, 0.3) is 0 Å². The smallest absolute Gasteiger partial charge is 0.343 e. The van der Waals surface area contributed by atoms with E-state index in [1.165, 1.54) is 0 Å². The summed E-state index contributed by atoms with van der Waals surface area (Å²) in [5.41, 5.74) is 5.87. The molecule has 0 saturated carbocycles. The number of carbonyl (C=O) groups excluding carboxylic acids is 1. The van der Waals surface area contributed by atoms with Crippen LogP contribution in [0.2, 0.25) is 0 Å². The summed E-state index contributed by atoms with van der Waals surface area (Å²) >= 11 is 0. The van der Waals surface area contributed by atoms with Crippen LogP contribution in [0.1, 0.15) is 0 Å². The number of urea groups is 1. The Balaban J connectivity index is 2.59. The van der Waals surface area contributed by atoms with E-state index in [0.29, 0.717) is 12.3 Å². The second kappa shape index (κ2) is 6.09. The van der Waals surface area contributed by atoms with Crippen LogP contribution in [-0.4, -0.2) is 38.2 Å². The highest BCUT2D eigenvalue weighted by Gasteiger charge is 2.12. The van der Waals surface area contributed by atoms with Crippen molar-refractivity contribution in [1.82, 2.24) is 4.90 Å². The fourth-order valence-electron chi connectivity index (χ4n) is 1.14. The van der Waals surface area contributed by atoms with Crippen LogP contribution in [0, 0.1) is 0 Å². The Labute approximate surface area is 95.3 Å². The summed E-state index contributed by atoms with van der Waals surface area (Å²) in [5.74, 6) is 0. The van der Waals surface area contributed by atoms with Crippen molar-refractivity contribution in [3.8, 4) is 0 Å². The summed E-state index contributed by atoms with van der Waals surface area (Å²) in [6.45, 7) is 1.13. The number of benzene rings is 1. The zero-order valence-corrected chi connectivity index (χ0v) is 9.59. The number of hydrogen-bond acceptors (Lipinski definition) is 3. The van der Waals surface area contributed by atoms with E-state index in [-0.39, 0.29) is 0 Å². The van der Waals surface area contributed by atoms with Gasteiger partial charge in [-0.15, -0.1) is 0 Å². The first-order chi connectivity index (χ1) is 7.61. The monoisotopic (exact) mass is 223 g/mol. The molecule has 1 rings (SSSR count). The van der Waals surface area contributed by atoms with E-state index in [0.717, 1.165) is 11.6 Å². The lowest BCUT2D eigenvalue weighted by atomic mass is 10.3. The van der Waals surface area contributed by atoms with E-state index in [2.05, 4.69) is 0 Å². The molecule has 5 heteroatoms. The second-order valence-electron chi connectivity index (χ2n) is 3.60. The molecule has 0 aliphatic heterocycles. The number of likely N-dealkylation sites (N-methyl/N-ethyl adjacent to an activating group) is 1. The number of anilines is 1. The predicted molar refractivity (Wildman–Crippen MR) is 63.0 cm³/mol. The topological polar surface area (TPSA) is 58.8 Å². The van der Waals surface area contributed by atoms with Crippen LogP contribution in [0.3, 0.4) is 0 Å². The quantitative estimate of drug-likeness (QED) is 0.759. The average Bonchev–Trinajstić information content (AvgIpc) is 2.25. The van der Waals surface area contributed by atoms with Crippen LogP contribution in [0.5, 0.6) is 0 Å². The molecule has 0 unspecified atom stereocenters. The number of amides is 2. The highest BCUT2D eigenvalue weighted by atomic mass is 16.7. The molecule has 0 radical (unpaired) electrons. The normalized spacial score (nSPS) is 10.4. The molecule has 88 valence electrons. The summed E-state index contributed by atoms with van der Waals surface area (Å²) < 4.78 is 0. The molecule has 0 atom stereocenters. The van der Waals surface area contributed by atoms with E-state index in [4.69, 9.17) is 10.6 Å². The van der Waals surface area contributed by atoms with E-state index in [9.17, 15) is 4.79 Å². The van der Waals surface area contributed by atoms with Gasteiger partial charge in [0, 0.05) is 6.54 Å². The molecule has 1 aromatic carbocycles. The Bertz CT molecular complexity index is 327. The highest BCUT2D eigenvalue weighted by Crippen LogP contribution is 2.12. The maximum absolute atomic E-state index is 11.2. The minimum Gasteiger partial charge on any atom is -0.349 e. The van der Waals surface area contributed by atoms with Gasteiger partial charge in [-0.05, 0) is 26.2 Å². The number of nitrogens with zero attached hydrogens (tertiary/aromatic N) is 2. The zero-order chi connectivity index (χ0) is 12.0. The van der Waals surface area contributed by atoms with Gasteiger partial charge in [0.15, 0.2) is 0 Å². The van der Waals surface area contributed by atoms with Crippen molar-refractivity contribution < 1.29 is 9.63 Å². The Morgan fingerprint density at radius 1 is 1.31 bits per heavy atom. The summed E-state index contributed by atoms with van der Waals surface area (Å²) in [6.07, 6.45) is 0. The minimum atomic E-state index is -0.620. The minimum absolute atomic E-state index is 0.408. The van der Waals surface area contributed by atoms with Gasteiger partial charge in [0.05, 0.1) is 12.3 Å². The molecular formula is C11H17N3O2. The van der Waals surface area contributed by atoms with Crippen LogP contribution in [-0.2, 0) is 4.84 Å². The van der Waals surface area contributed by atoms with E-state index >= 15 is 0 Å². The van der Waals surface area contributed by atoms with E-state index in [1.54, 1.807) is 12.1 Å². The molecule has 0 fully saturated rings. The first kappa shape index (κ1) is 12.5. The lowest BCUT2D eigenvalue weighted by Crippen LogP contribution is -2.37. The van der Waals surface area contributed by atoms with Crippen molar-refractivity contribution in [2.75, 3.05) is 32.3 Å². The van der Waals surface area contributed by atoms with Crippen LogP contribution >= 0.6 is 0 Å². The summed E-state index contributed by atoms with van der Waals surface area (Å²) in [7, 11) is 3.86. The summed E-state index contributed by atoms with van der Waals surface area (Å²) in [5, 5.41) is 1.10. The maximum atomic E-state index is 11.2. The average molecular weight is 223 g/mol. The second-order valence-corrected chi connectivity index (χ2v) is 3.60. The van der Waals surface area contributed by atoms with Crippen molar-refractivity contribution in [3.63, 3.8) is 0 Å². The zero-order valence-electron chi connectivity index (χ0n) is 9.59. The van der Waals surface area contributed by atoms with Crippen molar-refractivity contribution >= 4 is 11.7 Å². The molecule has 1 aromatic rings. The van der Waals surface area contributed by atoms with Crippen molar-refractivity contribution in [2.24, 2.45) is 5.73 Å². The van der Waals surface area contributed by atoms with Crippen LogP contribution < -0.4 is 10.8 Å². The van der Waals surface area contributed by atoms with E-state index in [1.807, 2.05) is 37.2 Å². The number of hydrogen-bond donors (Lipinski definition) is 1. The molecule has 0 aromatic heterocycles. The van der Waals surface area contributed by atoms with Gasteiger partial charge in [-0.25, -0.2) is 4.79 Å². The molecule has 0 spiro atoms. The predicted octanol–water partition coefficient (Wildman–Crippen LogP) is 1.06. The molecule has 16 heavy (non-hydrogen) atoms. The number of nitrogens with two attached hydrogens (primary N) is 1. The Hall–Kier alpha value is -1.59. The first-order valence-electron chi connectivity index (χ1n) is 5.03. The standard InChI is InChI=1S/C11H17N3O2/c1-13(2)8-9-16-14(11(12)15)10-6-4-3-5-7-10/h3-7H,8-9H2,1-2H3,(H2,12,15). The SMILES string of the molecule is CN(C)CCON(C(N)=O)c1ccccc1. The molecular weight excluding hydrogens is 206 g/mol. The fraction of sp³-hybridized carbons (Fsp3) is 0.364. The van der Waals surface area contributed by atoms with Crippen LogP contribution in [0.15, 0.2) is 30.3 Å². The van der Waals surface area contributed by atoms with Gasteiger partial charge >= 0.3 is 6.03 Å².